The normalized spacial score (nSPS) is 16.5. The van der Waals surface area contributed by atoms with Gasteiger partial charge in [0.2, 0.25) is 0 Å². The number of nitrogens with zero attached hydrogens (tertiary/aromatic N) is 2. The summed E-state index contributed by atoms with van der Waals surface area (Å²) >= 11 is 4.81. The number of piperidine rings is 1. The number of amides is 1. The van der Waals surface area contributed by atoms with Gasteiger partial charge in [-0.15, -0.1) is 0 Å². The van der Waals surface area contributed by atoms with Crippen LogP contribution in [0.5, 0.6) is 5.75 Å². The zero-order valence-corrected chi connectivity index (χ0v) is 17.4. The van der Waals surface area contributed by atoms with Crippen LogP contribution in [-0.4, -0.2) is 53.5 Å². The van der Waals surface area contributed by atoms with Gasteiger partial charge in [-0.05, 0) is 57.2 Å². The standard InChI is InChI=1S/C21H21ClF3N3O3/c1-28-11-9-13(10-12-28)18(29)15-6-4-8-17(26-15)27-19(30)14-5-2-3-7-16(14)31-21(24,25)20(22)23/h2-8,13,20H,9-12H2,1H3,(H,26,27,30). The molecule has 1 atom stereocenters. The van der Waals surface area contributed by atoms with Crippen LogP contribution in [0.3, 0.4) is 0 Å². The highest BCUT2D eigenvalue weighted by Crippen LogP contribution is 2.31. The summed E-state index contributed by atoms with van der Waals surface area (Å²) in [5.74, 6) is -1.54. The van der Waals surface area contributed by atoms with Gasteiger partial charge in [-0.2, -0.15) is 8.78 Å². The minimum Gasteiger partial charge on any atom is -0.429 e. The molecule has 1 unspecified atom stereocenters. The van der Waals surface area contributed by atoms with Crippen LogP contribution in [0.2, 0.25) is 0 Å². The third kappa shape index (κ3) is 5.74. The first-order chi connectivity index (χ1) is 14.7. The molecule has 0 radical (unpaired) electrons. The minimum atomic E-state index is -4.32. The number of carbonyl (C=O) groups is 2. The second kappa shape index (κ2) is 9.65. The summed E-state index contributed by atoms with van der Waals surface area (Å²) in [6.45, 7) is 1.63. The average molecular weight is 456 g/mol. The van der Waals surface area contributed by atoms with Gasteiger partial charge in [0.05, 0.1) is 5.56 Å². The van der Waals surface area contributed by atoms with E-state index in [-0.39, 0.29) is 28.8 Å². The van der Waals surface area contributed by atoms with E-state index >= 15 is 0 Å². The molecule has 1 amide bonds. The number of ether oxygens (including phenoxy) is 1. The zero-order valence-electron chi connectivity index (χ0n) is 16.7. The third-order valence-corrected chi connectivity index (χ3v) is 5.22. The highest BCUT2D eigenvalue weighted by atomic mass is 35.5. The SMILES string of the molecule is CN1CCC(C(=O)c2cccc(NC(=O)c3ccccc3OC(F)(F)C(F)Cl)n2)CC1. The van der Waals surface area contributed by atoms with Crippen LogP contribution >= 0.6 is 11.6 Å². The molecule has 1 N–H and O–H groups in total. The second-order valence-corrected chi connectivity index (χ2v) is 7.65. The number of Topliss-reactive ketones (excluding diaryl/α,β-unsaturated/α-hetero) is 1. The number of halogens is 4. The van der Waals surface area contributed by atoms with E-state index in [0.717, 1.165) is 32.0 Å². The summed E-state index contributed by atoms with van der Waals surface area (Å²) in [7, 11) is 1.99. The Kier molecular flexibility index (Phi) is 7.17. The van der Waals surface area contributed by atoms with E-state index in [1.807, 2.05) is 7.05 Å². The van der Waals surface area contributed by atoms with Crippen molar-refractivity contribution < 1.29 is 27.5 Å². The summed E-state index contributed by atoms with van der Waals surface area (Å²) < 4.78 is 44.3. The molecule has 1 aliphatic heterocycles. The van der Waals surface area contributed by atoms with E-state index in [9.17, 15) is 22.8 Å². The molecule has 6 nitrogen and oxygen atoms in total. The van der Waals surface area contributed by atoms with Gasteiger partial charge in [0.1, 0.15) is 17.3 Å². The Morgan fingerprint density at radius 2 is 1.87 bits per heavy atom. The lowest BCUT2D eigenvalue weighted by Gasteiger charge is -2.27. The van der Waals surface area contributed by atoms with Gasteiger partial charge in [-0.3, -0.25) is 9.59 Å². The Bertz CT molecular complexity index is 950. The van der Waals surface area contributed by atoms with Gasteiger partial charge in [0, 0.05) is 5.92 Å². The molecule has 1 aliphatic rings. The molecule has 0 aliphatic carbocycles. The van der Waals surface area contributed by atoms with E-state index in [1.165, 1.54) is 24.3 Å². The summed E-state index contributed by atoms with van der Waals surface area (Å²) in [4.78, 5) is 31.7. The highest BCUT2D eigenvalue weighted by Gasteiger charge is 2.42. The lowest BCUT2D eigenvalue weighted by Crippen LogP contribution is -2.34. The van der Waals surface area contributed by atoms with Gasteiger partial charge in [-0.25, -0.2) is 9.37 Å². The number of alkyl halides is 4. The summed E-state index contributed by atoms with van der Waals surface area (Å²) in [6, 6.07) is 9.71. The first-order valence-electron chi connectivity index (χ1n) is 9.62. The van der Waals surface area contributed by atoms with Gasteiger partial charge in [-0.1, -0.05) is 29.8 Å². The zero-order chi connectivity index (χ0) is 22.6. The van der Waals surface area contributed by atoms with Crippen LogP contribution < -0.4 is 10.1 Å². The number of pyridine rings is 1. The van der Waals surface area contributed by atoms with Crippen molar-refractivity contribution in [1.82, 2.24) is 9.88 Å². The maximum absolute atomic E-state index is 13.5. The van der Waals surface area contributed by atoms with Crippen molar-refractivity contribution in [3.05, 3.63) is 53.7 Å². The molecule has 10 heteroatoms. The van der Waals surface area contributed by atoms with Crippen molar-refractivity contribution >= 4 is 29.1 Å². The van der Waals surface area contributed by atoms with Crippen molar-refractivity contribution in [2.75, 3.05) is 25.5 Å². The fourth-order valence-corrected chi connectivity index (χ4v) is 3.28. The van der Waals surface area contributed by atoms with Crippen LogP contribution in [-0.2, 0) is 0 Å². The maximum atomic E-state index is 13.5. The van der Waals surface area contributed by atoms with E-state index in [1.54, 1.807) is 12.1 Å². The van der Waals surface area contributed by atoms with Crippen molar-refractivity contribution in [2.24, 2.45) is 5.92 Å². The van der Waals surface area contributed by atoms with Crippen molar-refractivity contribution in [2.45, 2.75) is 24.6 Å². The molecule has 2 heterocycles. The lowest BCUT2D eigenvalue weighted by molar-refractivity contribution is -0.199. The van der Waals surface area contributed by atoms with Crippen LogP contribution in [0.15, 0.2) is 42.5 Å². The Balaban J connectivity index is 1.75. The molecule has 1 aromatic heterocycles. The van der Waals surface area contributed by atoms with E-state index in [4.69, 9.17) is 11.6 Å². The number of para-hydroxylation sites is 1. The molecule has 1 aromatic carbocycles. The molecule has 2 aromatic rings. The van der Waals surface area contributed by atoms with Crippen LogP contribution in [0.1, 0.15) is 33.7 Å². The summed E-state index contributed by atoms with van der Waals surface area (Å²) in [6.07, 6.45) is -2.87. The average Bonchev–Trinajstić information content (AvgIpc) is 2.74. The number of hydrogen-bond donors (Lipinski definition) is 1. The van der Waals surface area contributed by atoms with E-state index in [2.05, 4.69) is 19.9 Å². The van der Waals surface area contributed by atoms with Crippen molar-refractivity contribution in [3.8, 4) is 5.75 Å². The first-order valence-corrected chi connectivity index (χ1v) is 10.1. The molecule has 31 heavy (non-hydrogen) atoms. The molecule has 3 rings (SSSR count). The summed E-state index contributed by atoms with van der Waals surface area (Å²) in [5.41, 5.74) is -3.15. The molecule has 166 valence electrons. The topological polar surface area (TPSA) is 71.5 Å². The van der Waals surface area contributed by atoms with Crippen LogP contribution in [0.4, 0.5) is 19.0 Å². The predicted octanol–water partition coefficient (Wildman–Crippen LogP) is 4.36. The highest BCUT2D eigenvalue weighted by molar-refractivity contribution is 6.20. The largest absolute Gasteiger partial charge is 0.444 e. The maximum Gasteiger partial charge on any atom is 0.444 e. The number of hydrogen-bond acceptors (Lipinski definition) is 5. The number of benzene rings is 1. The number of anilines is 1. The molecular formula is C21H21ClF3N3O3. The molecular weight excluding hydrogens is 435 g/mol. The number of aromatic nitrogens is 1. The number of ketones is 1. The van der Waals surface area contributed by atoms with E-state index in [0.29, 0.717) is 0 Å². The third-order valence-electron chi connectivity index (χ3n) is 4.96. The Labute approximate surface area is 182 Å². The van der Waals surface area contributed by atoms with Gasteiger partial charge < -0.3 is 15.0 Å². The molecule has 1 saturated heterocycles. The minimum absolute atomic E-state index is 0.0750. The fraction of sp³-hybridized carbons (Fsp3) is 0.381. The number of nitrogens with one attached hydrogen (secondary N) is 1. The molecule has 1 fully saturated rings. The second-order valence-electron chi connectivity index (χ2n) is 7.26. The van der Waals surface area contributed by atoms with E-state index < -0.39 is 23.4 Å². The Morgan fingerprint density at radius 1 is 1.19 bits per heavy atom. The smallest absolute Gasteiger partial charge is 0.429 e. The fourth-order valence-electron chi connectivity index (χ4n) is 3.24. The summed E-state index contributed by atoms with van der Waals surface area (Å²) in [5, 5.41) is 2.46. The lowest BCUT2D eigenvalue weighted by atomic mass is 9.91. The van der Waals surface area contributed by atoms with Crippen molar-refractivity contribution in [1.29, 1.82) is 0 Å². The quantitative estimate of drug-likeness (QED) is 0.496. The first kappa shape index (κ1) is 23.0. The number of likely N-dealkylation sites (tertiary alicyclic amines) is 1. The van der Waals surface area contributed by atoms with Crippen LogP contribution in [0, 0.1) is 5.92 Å². The van der Waals surface area contributed by atoms with Gasteiger partial charge in [0.25, 0.3) is 11.5 Å². The monoisotopic (exact) mass is 455 g/mol. The Morgan fingerprint density at radius 3 is 2.55 bits per heavy atom. The van der Waals surface area contributed by atoms with Gasteiger partial charge in [0.15, 0.2) is 5.78 Å². The predicted molar refractivity (Wildman–Crippen MR) is 110 cm³/mol. The molecule has 0 bridgehead atoms. The molecule has 0 spiro atoms. The Hall–Kier alpha value is -2.65. The van der Waals surface area contributed by atoms with Gasteiger partial charge >= 0.3 is 6.11 Å². The number of carbonyl (C=O) groups excluding carboxylic acids is 2. The van der Waals surface area contributed by atoms with Crippen LogP contribution in [0.25, 0.3) is 0 Å². The molecule has 0 saturated carbocycles. The van der Waals surface area contributed by atoms with Crippen molar-refractivity contribution in [3.63, 3.8) is 0 Å². The number of rotatable bonds is 7.